The van der Waals surface area contributed by atoms with Gasteiger partial charge in [-0.2, -0.15) is 0 Å². The summed E-state index contributed by atoms with van der Waals surface area (Å²) in [5.74, 6) is 0.822. The molecule has 5 rings (SSSR count). The van der Waals surface area contributed by atoms with E-state index in [4.69, 9.17) is 0 Å². The molecule has 1 saturated carbocycles. The molecule has 0 aromatic heterocycles. The van der Waals surface area contributed by atoms with Crippen LogP contribution < -0.4 is 5.30 Å². The minimum atomic E-state index is -1.53. The molecule has 1 unspecified atom stereocenters. The van der Waals surface area contributed by atoms with Crippen molar-refractivity contribution in [1.82, 2.24) is 0 Å². The van der Waals surface area contributed by atoms with Gasteiger partial charge in [0.15, 0.2) is 5.66 Å². The topological polar surface area (TPSA) is 57.5 Å². The van der Waals surface area contributed by atoms with Gasteiger partial charge >= 0.3 is 7.80 Å². The van der Waals surface area contributed by atoms with Crippen molar-refractivity contribution in [3.8, 4) is 22.6 Å². The maximum Gasteiger partial charge on any atom is 0.381 e. The molecular formula is C20H22O3P+. The van der Waals surface area contributed by atoms with E-state index in [-0.39, 0.29) is 11.4 Å². The molecule has 2 aliphatic heterocycles. The molecule has 2 bridgehead atoms. The van der Waals surface area contributed by atoms with Crippen molar-refractivity contribution in [3.05, 3.63) is 42.0 Å². The maximum absolute atomic E-state index is 13.4. The Hall–Kier alpha value is -1.86. The molecule has 2 aromatic rings. The van der Waals surface area contributed by atoms with Crippen LogP contribution in [-0.4, -0.2) is 15.9 Å². The Morgan fingerprint density at radius 1 is 0.875 bits per heavy atom. The van der Waals surface area contributed by atoms with Crippen LogP contribution in [0.3, 0.4) is 0 Å². The summed E-state index contributed by atoms with van der Waals surface area (Å²) in [6, 6.07) is 10.7. The lowest BCUT2D eigenvalue weighted by atomic mass is 9.83. The monoisotopic (exact) mass is 341 g/mol. The third-order valence-corrected chi connectivity index (χ3v) is 7.61. The fourth-order valence-corrected chi connectivity index (χ4v) is 6.48. The van der Waals surface area contributed by atoms with E-state index in [1.54, 1.807) is 18.2 Å². The van der Waals surface area contributed by atoms with Crippen LogP contribution in [0.15, 0.2) is 36.4 Å². The van der Waals surface area contributed by atoms with E-state index in [2.05, 4.69) is 0 Å². The van der Waals surface area contributed by atoms with Gasteiger partial charge in [0.1, 0.15) is 11.5 Å². The second-order valence-electron chi connectivity index (χ2n) is 6.98. The number of hydrogen-bond acceptors (Lipinski definition) is 3. The number of phenols is 2. The second kappa shape index (κ2) is 6.22. The number of phenolic OH excluding ortho intramolecular Hbond substituents is 2. The minimum Gasteiger partial charge on any atom is -0.508 e. The highest BCUT2D eigenvalue weighted by molar-refractivity contribution is 7.54. The Labute approximate surface area is 143 Å². The van der Waals surface area contributed by atoms with Gasteiger partial charge in [-0.3, -0.25) is 0 Å². The average Bonchev–Trinajstić information content (AvgIpc) is 2.54. The Balaban J connectivity index is 1.97. The summed E-state index contributed by atoms with van der Waals surface area (Å²) in [6.07, 6.45) is 6.38. The first kappa shape index (κ1) is 15.7. The number of hydrogen-bond donors (Lipinski definition) is 2. The second-order valence-corrected chi connectivity index (χ2v) is 8.81. The number of rotatable bonds is 1. The Morgan fingerprint density at radius 3 is 2.21 bits per heavy atom. The smallest absolute Gasteiger partial charge is 0.381 e. The van der Waals surface area contributed by atoms with Crippen LogP contribution in [0.4, 0.5) is 0 Å². The van der Waals surface area contributed by atoms with Crippen molar-refractivity contribution in [2.24, 2.45) is 0 Å². The summed E-state index contributed by atoms with van der Waals surface area (Å²) in [4.78, 5) is 0. The molecule has 24 heavy (non-hydrogen) atoms. The number of aromatic hydroxyl groups is 2. The Kier molecular flexibility index (Phi) is 4.05. The van der Waals surface area contributed by atoms with Crippen LogP contribution in [0.25, 0.3) is 11.1 Å². The largest absolute Gasteiger partial charge is 0.508 e. The number of fused-ring (bicyclic) bond motifs is 4. The molecule has 1 atom stereocenters. The molecule has 3 nitrogen and oxygen atoms in total. The first-order valence-electron chi connectivity index (χ1n) is 8.77. The Bertz CT molecular complexity index is 772. The zero-order valence-electron chi connectivity index (χ0n) is 13.6. The molecule has 3 aliphatic rings. The van der Waals surface area contributed by atoms with E-state index in [0.717, 1.165) is 60.5 Å². The molecule has 124 valence electrons. The lowest BCUT2D eigenvalue weighted by Crippen LogP contribution is -2.24. The Morgan fingerprint density at radius 2 is 1.54 bits per heavy atom. The van der Waals surface area contributed by atoms with Gasteiger partial charge in [0.25, 0.3) is 0 Å². The van der Waals surface area contributed by atoms with Gasteiger partial charge in [0.2, 0.25) is 5.30 Å². The predicted octanol–water partition coefficient (Wildman–Crippen LogP) is 5.04. The van der Waals surface area contributed by atoms with Crippen LogP contribution in [0.2, 0.25) is 0 Å². The van der Waals surface area contributed by atoms with E-state index in [1.165, 1.54) is 0 Å². The van der Waals surface area contributed by atoms with E-state index >= 15 is 0 Å². The standard InChI is InChI=1S/C20H21O3P/c21-15-9-7-13(8-10-15)17-11-12-18(22)19-14-3-1-5-16(6-2-4-14)24(23)20(17)19/h7-12,14,16H,1-6H2,(H-,21,22,23)/p+1. The van der Waals surface area contributed by atoms with Crippen LogP contribution in [-0.2, 0) is 4.57 Å². The predicted molar refractivity (Wildman–Crippen MR) is 96.7 cm³/mol. The third-order valence-electron chi connectivity index (χ3n) is 5.51. The van der Waals surface area contributed by atoms with Gasteiger partial charge in [0.05, 0.1) is 5.56 Å². The zero-order chi connectivity index (χ0) is 16.7. The van der Waals surface area contributed by atoms with Crippen molar-refractivity contribution in [2.45, 2.75) is 50.1 Å². The lowest BCUT2D eigenvalue weighted by molar-refractivity contribution is 0.421. The molecule has 1 fully saturated rings. The molecule has 2 aromatic carbocycles. The normalized spacial score (nSPS) is 24.8. The van der Waals surface area contributed by atoms with Gasteiger partial charge in [-0.1, -0.05) is 16.7 Å². The lowest BCUT2D eigenvalue weighted by Gasteiger charge is -2.26. The van der Waals surface area contributed by atoms with E-state index < -0.39 is 7.80 Å². The van der Waals surface area contributed by atoms with Gasteiger partial charge in [-0.15, -0.1) is 0 Å². The van der Waals surface area contributed by atoms with E-state index in [9.17, 15) is 14.8 Å². The summed E-state index contributed by atoms with van der Waals surface area (Å²) in [5.41, 5.74) is 3.04. The molecule has 4 heteroatoms. The van der Waals surface area contributed by atoms with Gasteiger partial charge in [0, 0.05) is 5.56 Å². The third kappa shape index (κ3) is 2.61. The van der Waals surface area contributed by atoms with Crippen LogP contribution >= 0.6 is 7.80 Å². The molecule has 0 radical (unpaired) electrons. The van der Waals surface area contributed by atoms with Crippen LogP contribution in [0, 0.1) is 0 Å². The molecule has 1 aliphatic carbocycles. The van der Waals surface area contributed by atoms with Crippen molar-refractivity contribution < 1.29 is 14.8 Å². The van der Waals surface area contributed by atoms with Crippen LogP contribution in [0.5, 0.6) is 11.5 Å². The quantitative estimate of drug-likeness (QED) is 0.715. The molecular weight excluding hydrogens is 319 g/mol. The van der Waals surface area contributed by atoms with E-state index in [0.29, 0.717) is 11.7 Å². The fourth-order valence-electron chi connectivity index (χ4n) is 4.31. The first-order chi connectivity index (χ1) is 11.6. The highest BCUT2D eigenvalue weighted by atomic mass is 31.1. The van der Waals surface area contributed by atoms with Crippen molar-refractivity contribution in [1.29, 1.82) is 0 Å². The van der Waals surface area contributed by atoms with Crippen molar-refractivity contribution in [2.75, 3.05) is 0 Å². The highest BCUT2D eigenvalue weighted by Gasteiger charge is 2.43. The SMILES string of the molecule is O=[P+]1c2c(-c3ccc(O)cc3)ccc(O)c2C2CCCC1CCC2. The fraction of sp³-hybridized carbons (Fsp3) is 0.400. The first-order valence-corrected chi connectivity index (χ1v) is 10.1. The summed E-state index contributed by atoms with van der Waals surface area (Å²) >= 11 is 0. The summed E-state index contributed by atoms with van der Waals surface area (Å²) < 4.78 is 13.4. The molecule has 0 saturated heterocycles. The van der Waals surface area contributed by atoms with Crippen molar-refractivity contribution >= 4 is 13.1 Å². The van der Waals surface area contributed by atoms with Crippen molar-refractivity contribution in [3.63, 3.8) is 0 Å². The summed E-state index contributed by atoms with van der Waals surface area (Å²) in [6.45, 7) is 0. The maximum atomic E-state index is 13.4. The number of benzene rings is 2. The minimum absolute atomic E-state index is 0.220. The van der Waals surface area contributed by atoms with E-state index in [1.807, 2.05) is 18.2 Å². The molecule has 0 spiro atoms. The zero-order valence-corrected chi connectivity index (χ0v) is 14.5. The van der Waals surface area contributed by atoms with Crippen LogP contribution in [0.1, 0.15) is 50.0 Å². The summed E-state index contributed by atoms with van der Waals surface area (Å²) in [7, 11) is -1.53. The van der Waals surface area contributed by atoms with Gasteiger partial charge in [-0.25, -0.2) is 0 Å². The molecule has 2 heterocycles. The molecule has 0 amide bonds. The molecule has 2 N–H and O–H groups in total. The van der Waals surface area contributed by atoms with Gasteiger partial charge in [-0.05, 0) is 74.3 Å². The van der Waals surface area contributed by atoms with Gasteiger partial charge < -0.3 is 10.2 Å². The average molecular weight is 341 g/mol. The summed E-state index contributed by atoms with van der Waals surface area (Å²) in [5, 5.41) is 21.0. The highest BCUT2D eigenvalue weighted by Crippen LogP contribution is 2.49.